The van der Waals surface area contributed by atoms with Crippen molar-refractivity contribution in [3.63, 3.8) is 0 Å². The summed E-state index contributed by atoms with van der Waals surface area (Å²) in [5.41, 5.74) is 0.327. The van der Waals surface area contributed by atoms with E-state index in [0.29, 0.717) is 24.2 Å². The van der Waals surface area contributed by atoms with Gasteiger partial charge in [0, 0.05) is 27.9 Å². The summed E-state index contributed by atoms with van der Waals surface area (Å²) >= 11 is 0. The van der Waals surface area contributed by atoms with Gasteiger partial charge in [0.25, 0.3) is 0 Å². The van der Waals surface area contributed by atoms with E-state index in [0.717, 1.165) is 12.8 Å². The maximum atomic E-state index is 12.2. The highest BCUT2D eigenvalue weighted by Gasteiger charge is 2.28. The Hall–Kier alpha value is -1.40. The number of rotatable bonds is 8. The van der Waals surface area contributed by atoms with Gasteiger partial charge >= 0.3 is 0 Å². The molecule has 5 nitrogen and oxygen atoms in total. The highest BCUT2D eigenvalue weighted by atomic mass is 32.2. The van der Waals surface area contributed by atoms with Crippen LogP contribution in [0.3, 0.4) is 0 Å². The molecule has 130 valence electrons. The van der Waals surface area contributed by atoms with Gasteiger partial charge in [-0.2, -0.15) is 4.36 Å². The Labute approximate surface area is 139 Å². The second-order valence-electron chi connectivity index (χ2n) is 6.27. The van der Waals surface area contributed by atoms with Crippen molar-refractivity contribution in [1.82, 2.24) is 0 Å². The molecule has 0 unspecified atom stereocenters. The summed E-state index contributed by atoms with van der Waals surface area (Å²) in [7, 11) is -2.20. The molecule has 1 amide bonds. The molecule has 0 spiro atoms. The minimum atomic E-state index is -2.20. The fraction of sp³-hybridized carbons (Fsp3) is 0.588. The van der Waals surface area contributed by atoms with E-state index >= 15 is 0 Å². The minimum absolute atomic E-state index is 0.0958. The first-order chi connectivity index (χ1) is 10.7. The average Bonchev–Trinajstić information content (AvgIpc) is 2.39. The smallest absolute Gasteiger partial charge is 0.227 e. The Morgan fingerprint density at radius 3 is 2.13 bits per heavy atom. The lowest BCUT2D eigenvalue weighted by Gasteiger charge is -2.26. The molecule has 6 heteroatoms. The van der Waals surface area contributed by atoms with Crippen molar-refractivity contribution in [3.8, 4) is 0 Å². The lowest BCUT2D eigenvalue weighted by Crippen LogP contribution is -2.33. The zero-order valence-corrected chi connectivity index (χ0v) is 15.3. The number of aliphatic hydroxyl groups is 1. The summed E-state index contributed by atoms with van der Waals surface area (Å²) in [6.45, 7) is 4.00. The number of carbonyl (C=O) groups is 1. The summed E-state index contributed by atoms with van der Waals surface area (Å²) in [6.07, 6.45) is 6.16. The second kappa shape index (κ2) is 8.45. The van der Waals surface area contributed by atoms with Crippen LogP contribution >= 0.6 is 0 Å². The first kappa shape index (κ1) is 19.6. The van der Waals surface area contributed by atoms with Crippen molar-refractivity contribution < 1.29 is 14.1 Å². The van der Waals surface area contributed by atoms with Crippen LogP contribution < -0.4 is 5.32 Å². The van der Waals surface area contributed by atoms with Crippen LogP contribution in [0.1, 0.15) is 46.0 Å². The predicted molar refractivity (Wildman–Crippen MR) is 96.5 cm³/mol. The van der Waals surface area contributed by atoms with E-state index in [2.05, 4.69) is 9.68 Å². The molecule has 0 fully saturated rings. The van der Waals surface area contributed by atoms with E-state index < -0.39 is 15.3 Å². The lowest BCUT2D eigenvalue weighted by molar-refractivity contribution is -0.121. The van der Waals surface area contributed by atoms with Gasteiger partial charge in [0.2, 0.25) is 5.91 Å². The summed E-state index contributed by atoms with van der Waals surface area (Å²) in [6, 6.07) is 6.88. The van der Waals surface area contributed by atoms with E-state index in [4.69, 9.17) is 0 Å². The molecule has 23 heavy (non-hydrogen) atoms. The summed E-state index contributed by atoms with van der Waals surface area (Å²) in [4.78, 5) is 12.2. The van der Waals surface area contributed by atoms with Gasteiger partial charge in [-0.1, -0.05) is 26.7 Å². The van der Waals surface area contributed by atoms with Crippen molar-refractivity contribution in [2.45, 2.75) is 51.6 Å². The maximum Gasteiger partial charge on any atom is 0.227 e. The number of hydrogen-bond acceptors (Lipinski definition) is 4. The molecular formula is C17H28N2O3S. The number of hydrogen-bond donors (Lipinski definition) is 2. The highest BCUT2D eigenvalue weighted by Crippen LogP contribution is 2.24. The Bertz CT molecular complexity index is 618. The third-order valence-corrected chi connectivity index (χ3v) is 4.05. The predicted octanol–water partition coefficient (Wildman–Crippen LogP) is 3.71. The molecule has 2 N–H and O–H groups in total. The van der Waals surface area contributed by atoms with E-state index in [1.807, 2.05) is 13.8 Å². The van der Waals surface area contributed by atoms with Crippen LogP contribution in [0, 0.1) is 0 Å². The summed E-state index contributed by atoms with van der Waals surface area (Å²) in [5.74, 6) is -0.200. The van der Waals surface area contributed by atoms with E-state index in [9.17, 15) is 14.1 Å². The molecule has 0 heterocycles. The number of anilines is 1. The monoisotopic (exact) mass is 340 g/mol. The maximum absolute atomic E-state index is 12.2. The molecule has 1 aromatic rings. The fourth-order valence-electron chi connectivity index (χ4n) is 2.60. The van der Waals surface area contributed by atoms with Crippen LogP contribution in [0.5, 0.6) is 0 Å². The molecule has 0 aromatic heterocycles. The molecule has 0 saturated carbocycles. The van der Waals surface area contributed by atoms with E-state index in [1.165, 1.54) is 0 Å². The Morgan fingerprint density at radius 1 is 1.17 bits per heavy atom. The van der Waals surface area contributed by atoms with E-state index in [1.54, 1.807) is 36.8 Å². The van der Waals surface area contributed by atoms with Crippen molar-refractivity contribution in [1.29, 1.82) is 0 Å². The van der Waals surface area contributed by atoms with Crippen LogP contribution in [-0.2, 0) is 14.5 Å². The Balaban J connectivity index is 2.72. The van der Waals surface area contributed by atoms with Crippen molar-refractivity contribution in [2.24, 2.45) is 4.36 Å². The molecule has 0 aliphatic rings. The number of amides is 1. The van der Waals surface area contributed by atoms with E-state index in [-0.39, 0.29) is 12.3 Å². The summed E-state index contributed by atoms with van der Waals surface area (Å²) in [5, 5.41) is 13.3. The summed E-state index contributed by atoms with van der Waals surface area (Å²) < 4.78 is 15.7. The molecular weight excluding hydrogens is 312 g/mol. The largest absolute Gasteiger partial charge is 0.389 e. The molecule has 0 aliphatic heterocycles. The third-order valence-electron chi connectivity index (χ3n) is 3.40. The SMILES string of the molecule is CCCC(O)(CCC)CC(=O)Nc1ccc(N=S(C)(C)=O)cc1. The molecule has 0 atom stereocenters. The first-order valence-corrected chi connectivity index (χ1v) is 10.3. The van der Waals surface area contributed by atoms with Crippen molar-refractivity contribution in [2.75, 3.05) is 17.8 Å². The number of benzene rings is 1. The van der Waals surface area contributed by atoms with Gasteiger partial charge in [-0.3, -0.25) is 4.79 Å². The zero-order valence-electron chi connectivity index (χ0n) is 14.5. The minimum Gasteiger partial charge on any atom is -0.389 e. The normalized spacial score (nSPS) is 12.0. The van der Waals surface area contributed by atoms with Crippen molar-refractivity contribution >= 4 is 27.0 Å². The molecule has 0 bridgehead atoms. The van der Waals surface area contributed by atoms with Gasteiger partial charge in [-0.25, -0.2) is 4.21 Å². The van der Waals surface area contributed by atoms with Crippen LogP contribution in [0.15, 0.2) is 28.6 Å². The molecule has 0 saturated heterocycles. The number of nitrogens with one attached hydrogen (secondary N) is 1. The third kappa shape index (κ3) is 7.61. The standard InChI is InChI=1S/C17H28N2O3S/c1-5-11-17(21,12-6-2)13-16(20)18-14-7-9-15(10-8-14)19-23(3,4)22/h7-10,21H,5-6,11-13H2,1-4H3,(H,18,20). The van der Waals surface area contributed by atoms with Gasteiger partial charge in [-0.15, -0.1) is 0 Å². The van der Waals surface area contributed by atoms with Crippen LogP contribution in [0.4, 0.5) is 11.4 Å². The van der Waals surface area contributed by atoms with Crippen LogP contribution in [0.25, 0.3) is 0 Å². The van der Waals surface area contributed by atoms with Crippen LogP contribution in [0.2, 0.25) is 0 Å². The Kier molecular flexibility index (Phi) is 7.22. The van der Waals surface area contributed by atoms with Gasteiger partial charge in [0.05, 0.1) is 17.7 Å². The molecule has 1 rings (SSSR count). The van der Waals surface area contributed by atoms with Gasteiger partial charge in [0.15, 0.2) is 0 Å². The fourth-order valence-corrected chi connectivity index (χ4v) is 3.23. The zero-order chi connectivity index (χ0) is 17.5. The van der Waals surface area contributed by atoms with Gasteiger partial charge in [-0.05, 0) is 37.1 Å². The molecule has 0 radical (unpaired) electrons. The first-order valence-electron chi connectivity index (χ1n) is 7.97. The Morgan fingerprint density at radius 2 is 1.70 bits per heavy atom. The van der Waals surface area contributed by atoms with Crippen LogP contribution in [-0.4, -0.2) is 33.3 Å². The van der Waals surface area contributed by atoms with Gasteiger partial charge < -0.3 is 10.4 Å². The quantitative estimate of drug-likeness (QED) is 0.757. The topological polar surface area (TPSA) is 78.8 Å². The lowest BCUT2D eigenvalue weighted by atomic mass is 9.89. The average molecular weight is 340 g/mol. The van der Waals surface area contributed by atoms with Crippen molar-refractivity contribution in [3.05, 3.63) is 24.3 Å². The molecule has 1 aromatic carbocycles. The highest BCUT2D eigenvalue weighted by molar-refractivity contribution is 7.92. The molecule has 0 aliphatic carbocycles. The number of nitrogens with zero attached hydrogens (tertiary/aromatic N) is 1. The second-order valence-corrected chi connectivity index (χ2v) is 8.81. The van der Waals surface area contributed by atoms with Gasteiger partial charge in [0.1, 0.15) is 0 Å². The number of carbonyl (C=O) groups excluding carboxylic acids is 1.